The summed E-state index contributed by atoms with van der Waals surface area (Å²) in [5.41, 5.74) is -0.288. The van der Waals surface area contributed by atoms with Gasteiger partial charge in [0.25, 0.3) is 5.92 Å². The number of rotatable bonds is 4. The number of ether oxygens (including phenoxy) is 1. The van der Waals surface area contributed by atoms with Gasteiger partial charge in [-0.2, -0.15) is 9.97 Å². The number of alkyl halides is 2. The lowest BCUT2D eigenvalue weighted by atomic mass is 9.89. The zero-order valence-electron chi connectivity index (χ0n) is 25.2. The SMILES string of the molecule is C#Cc1c(F)ccc2cccc(-c3nc4c5c(nc(OC[C@@]67CCCN6C[C@@]6(CC6(F)F)C7)nc5c3F)N3CCNC[C@H]3CC4)c12. The quantitative estimate of drug-likeness (QED) is 0.238. The van der Waals surface area contributed by atoms with Crippen LogP contribution in [0.5, 0.6) is 6.01 Å². The Morgan fingerprint density at radius 1 is 1.07 bits per heavy atom. The summed E-state index contributed by atoms with van der Waals surface area (Å²) in [5, 5.41) is 5.07. The van der Waals surface area contributed by atoms with Gasteiger partial charge in [-0.3, -0.25) is 4.90 Å². The molecule has 0 unspecified atom stereocenters. The lowest BCUT2D eigenvalue weighted by Crippen LogP contribution is -2.51. The molecule has 11 heteroatoms. The number of benzene rings is 2. The first-order valence-corrected chi connectivity index (χ1v) is 16.0. The fourth-order valence-corrected chi connectivity index (χ4v) is 8.78. The first kappa shape index (κ1) is 28.2. The molecule has 1 N–H and O–H groups in total. The summed E-state index contributed by atoms with van der Waals surface area (Å²) < 4.78 is 67.1. The molecule has 1 spiro atoms. The van der Waals surface area contributed by atoms with Gasteiger partial charge in [-0.1, -0.05) is 30.2 Å². The van der Waals surface area contributed by atoms with Crippen LogP contribution in [-0.4, -0.2) is 76.7 Å². The number of pyridine rings is 1. The Balaban J connectivity index is 1.20. The molecule has 2 aromatic carbocycles. The van der Waals surface area contributed by atoms with E-state index in [1.165, 1.54) is 6.07 Å². The summed E-state index contributed by atoms with van der Waals surface area (Å²) in [7, 11) is 0. The Morgan fingerprint density at radius 2 is 1.93 bits per heavy atom. The predicted molar refractivity (Wildman–Crippen MR) is 166 cm³/mol. The molecule has 1 saturated carbocycles. The predicted octanol–water partition coefficient (Wildman–Crippen LogP) is 5.47. The first-order chi connectivity index (χ1) is 22.2. The van der Waals surface area contributed by atoms with Crippen molar-refractivity contribution >= 4 is 27.5 Å². The van der Waals surface area contributed by atoms with E-state index in [0.29, 0.717) is 59.2 Å². The molecule has 3 saturated heterocycles. The molecular formula is C35H32F4N6O. The number of terminal acetylenes is 1. The van der Waals surface area contributed by atoms with Gasteiger partial charge >= 0.3 is 6.01 Å². The topological polar surface area (TPSA) is 66.4 Å². The van der Waals surface area contributed by atoms with Crippen molar-refractivity contribution in [2.75, 3.05) is 44.2 Å². The van der Waals surface area contributed by atoms with E-state index in [1.54, 1.807) is 24.3 Å². The number of aryl methyl sites for hydroxylation is 1. The van der Waals surface area contributed by atoms with Crippen molar-refractivity contribution in [3.8, 4) is 29.6 Å². The van der Waals surface area contributed by atoms with Crippen molar-refractivity contribution in [2.24, 2.45) is 5.41 Å². The van der Waals surface area contributed by atoms with E-state index in [4.69, 9.17) is 21.1 Å². The van der Waals surface area contributed by atoms with Crippen molar-refractivity contribution < 1.29 is 22.3 Å². The van der Waals surface area contributed by atoms with Crippen molar-refractivity contribution in [3.05, 3.63) is 53.2 Å². The third-order valence-corrected chi connectivity index (χ3v) is 11.1. The molecule has 7 nitrogen and oxygen atoms in total. The van der Waals surface area contributed by atoms with Crippen LogP contribution in [0.4, 0.5) is 23.4 Å². The molecule has 0 amide bonds. The van der Waals surface area contributed by atoms with Crippen LogP contribution in [0, 0.1) is 29.4 Å². The van der Waals surface area contributed by atoms with Crippen LogP contribution < -0.4 is 15.0 Å². The molecule has 0 bridgehead atoms. The van der Waals surface area contributed by atoms with Crippen molar-refractivity contribution in [2.45, 2.75) is 56.0 Å². The number of anilines is 1. The fourth-order valence-electron chi connectivity index (χ4n) is 8.78. The highest BCUT2D eigenvalue weighted by Gasteiger charge is 2.77. The molecule has 236 valence electrons. The van der Waals surface area contributed by atoms with Gasteiger partial charge in [-0.05, 0) is 50.1 Å². The summed E-state index contributed by atoms with van der Waals surface area (Å²) in [6.45, 7) is 3.43. The minimum atomic E-state index is -2.64. The maximum Gasteiger partial charge on any atom is 0.319 e. The lowest BCUT2D eigenvalue weighted by molar-refractivity contribution is 0.0647. The van der Waals surface area contributed by atoms with Crippen LogP contribution in [0.1, 0.15) is 43.4 Å². The maximum atomic E-state index is 17.0. The van der Waals surface area contributed by atoms with E-state index in [-0.39, 0.29) is 41.9 Å². The summed E-state index contributed by atoms with van der Waals surface area (Å²) in [6, 6.07) is 8.34. The van der Waals surface area contributed by atoms with Crippen LogP contribution in [0.3, 0.4) is 0 Å². The highest BCUT2D eigenvalue weighted by Crippen LogP contribution is 2.69. The second kappa shape index (κ2) is 9.75. The van der Waals surface area contributed by atoms with E-state index >= 15 is 4.39 Å². The molecule has 2 aromatic heterocycles. The molecule has 4 fully saturated rings. The third kappa shape index (κ3) is 3.95. The van der Waals surface area contributed by atoms with E-state index in [1.807, 2.05) is 0 Å². The number of halogens is 4. The molecule has 6 heterocycles. The molecular weight excluding hydrogens is 596 g/mol. The molecule has 9 rings (SSSR count). The molecule has 4 aliphatic heterocycles. The Labute approximate surface area is 263 Å². The zero-order chi connectivity index (χ0) is 31.4. The molecule has 1 aliphatic carbocycles. The number of aromatic nitrogens is 3. The summed E-state index contributed by atoms with van der Waals surface area (Å²) >= 11 is 0. The van der Waals surface area contributed by atoms with E-state index in [0.717, 1.165) is 38.9 Å². The van der Waals surface area contributed by atoms with Gasteiger partial charge in [-0.15, -0.1) is 6.42 Å². The maximum absolute atomic E-state index is 17.0. The summed E-state index contributed by atoms with van der Waals surface area (Å²) in [5.74, 6) is -0.856. The molecule has 5 aliphatic rings. The number of nitrogens with zero attached hydrogens (tertiary/aromatic N) is 5. The van der Waals surface area contributed by atoms with Gasteiger partial charge in [0.05, 0.1) is 27.6 Å². The number of nitrogens with one attached hydrogen (secondary N) is 1. The number of hydrogen-bond donors (Lipinski definition) is 1. The molecule has 3 atom stereocenters. The minimum absolute atomic E-state index is 0.0155. The minimum Gasteiger partial charge on any atom is -0.461 e. The van der Waals surface area contributed by atoms with Crippen LogP contribution in [0.2, 0.25) is 0 Å². The highest BCUT2D eigenvalue weighted by molar-refractivity contribution is 6.02. The lowest BCUT2D eigenvalue weighted by Gasteiger charge is -2.36. The smallest absolute Gasteiger partial charge is 0.319 e. The van der Waals surface area contributed by atoms with E-state index in [2.05, 4.69) is 26.0 Å². The van der Waals surface area contributed by atoms with E-state index in [9.17, 15) is 13.2 Å². The van der Waals surface area contributed by atoms with Gasteiger partial charge in [0.15, 0.2) is 5.82 Å². The number of hydrogen-bond acceptors (Lipinski definition) is 7. The molecule has 46 heavy (non-hydrogen) atoms. The molecule has 4 aromatic rings. The fraction of sp³-hybridized carbons (Fsp3) is 0.457. The second-order valence-electron chi connectivity index (χ2n) is 13.7. The van der Waals surface area contributed by atoms with Crippen LogP contribution in [-0.2, 0) is 6.42 Å². The summed E-state index contributed by atoms with van der Waals surface area (Å²) in [6.07, 6.45) is 9.04. The Morgan fingerprint density at radius 3 is 2.76 bits per heavy atom. The van der Waals surface area contributed by atoms with Crippen molar-refractivity contribution in [1.82, 2.24) is 25.2 Å². The van der Waals surface area contributed by atoms with Crippen molar-refractivity contribution in [3.63, 3.8) is 0 Å². The number of piperazine rings is 1. The second-order valence-corrected chi connectivity index (χ2v) is 13.7. The largest absolute Gasteiger partial charge is 0.461 e. The monoisotopic (exact) mass is 628 g/mol. The van der Waals surface area contributed by atoms with Crippen LogP contribution in [0.25, 0.3) is 32.9 Å². The van der Waals surface area contributed by atoms with Gasteiger partial charge in [0.2, 0.25) is 0 Å². The van der Waals surface area contributed by atoms with Gasteiger partial charge in [0.1, 0.15) is 29.5 Å². The first-order valence-electron chi connectivity index (χ1n) is 16.0. The number of fused-ring (bicyclic) bond motifs is 4. The highest BCUT2D eigenvalue weighted by atomic mass is 19.3. The van der Waals surface area contributed by atoms with Gasteiger partial charge in [-0.25, -0.2) is 22.5 Å². The summed E-state index contributed by atoms with van der Waals surface area (Å²) in [4.78, 5) is 18.8. The zero-order valence-corrected chi connectivity index (χ0v) is 25.2. The van der Waals surface area contributed by atoms with Crippen LogP contribution in [0.15, 0.2) is 30.3 Å². The standard InChI is InChI=1S/C35H32F4N6O/c1-2-22-24(36)9-7-20-5-3-6-23(26(20)22)29-28(37)30-27-25(41-29)10-8-21-15-40-12-14-45(21)31(27)43-32(42-30)46-19-34-11-4-13-44(34)18-33(16-34)17-35(33,38)39/h1,3,5-7,9,21,40H,4,8,10-19H2/t21-,33+,34+/m1/s1. The van der Waals surface area contributed by atoms with Gasteiger partial charge in [0, 0.05) is 49.6 Å². The molecule has 0 radical (unpaired) electrons. The van der Waals surface area contributed by atoms with Crippen molar-refractivity contribution in [1.29, 1.82) is 0 Å². The van der Waals surface area contributed by atoms with E-state index < -0.39 is 28.5 Å². The average Bonchev–Trinajstić information content (AvgIpc) is 3.25. The Bertz CT molecular complexity index is 2000. The third-order valence-electron chi connectivity index (χ3n) is 11.1. The Kier molecular flexibility index (Phi) is 5.98. The Hall–Kier alpha value is -4.01. The average molecular weight is 629 g/mol. The van der Waals surface area contributed by atoms with Gasteiger partial charge < -0.3 is 15.0 Å². The van der Waals surface area contributed by atoms with Crippen LogP contribution >= 0.6 is 0 Å². The normalized spacial score (nSPS) is 27.9.